The van der Waals surface area contributed by atoms with Crippen molar-refractivity contribution in [3.05, 3.63) is 59.2 Å². The highest BCUT2D eigenvalue weighted by Crippen LogP contribution is 2.22. The van der Waals surface area contributed by atoms with Gasteiger partial charge in [0.05, 0.1) is 14.2 Å². The van der Waals surface area contributed by atoms with Crippen molar-refractivity contribution in [1.29, 1.82) is 0 Å². The molecule has 0 radical (unpaired) electrons. The van der Waals surface area contributed by atoms with Gasteiger partial charge >= 0.3 is 0 Å². The Balaban J connectivity index is 1.73. The van der Waals surface area contributed by atoms with E-state index in [9.17, 15) is 4.79 Å². The van der Waals surface area contributed by atoms with Gasteiger partial charge in [0.1, 0.15) is 11.5 Å². The van der Waals surface area contributed by atoms with Gasteiger partial charge in [0.2, 0.25) is 0 Å². The van der Waals surface area contributed by atoms with E-state index in [4.69, 9.17) is 9.47 Å². The lowest BCUT2D eigenvalue weighted by Crippen LogP contribution is -2.40. The summed E-state index contributed by atoms with van der Waals surface area (Å²) in [6, 6.07) is 13.8. The number of piperidine rings is 1. The van der Waals surface area contributed by atoms with Gasteiger partial charge in [0.15, 0.2) is 0 Å². The number of carbonyl (C=O) groups excluding carboxylic acids is 1. The second-order valence-electron chi connectivity index (χ2n) is 8.28. The number of benzene rings is 2. The fourth-order valence-electron chi connectivity index (χ4n) is 4.08. The molecule has 1 aliphatic rings. The normalized spacial score (nSPS) is 15.1. The molecule has 0 bridgehead atoms. The zero-order chi connectivity index (χ0) is 21.5. The SMILES string of the molecule is COc1ccc(CCN(CC2CCN(C)CC2)C(=O)c2ccc(OC)c(C)c2)cc1. The van der Waals surface area contributed by atoms with E-state index in [-0.39, 0.29) is 5.91 Å². The fourth-order valence-corrected chi connectivity index (χ4v) is 4.08. The summed E-state index contributed by atoms with van der Waals surface area (Å²) in [5, 5.41) is 0. The van der Waals surface area contributed by atoms with Gasteiger partial charge < -0.3 is 19.3 Å². The maximum Gasteiger partial charge on any atom is 0.253 e. The van der Waals surface area contributed by atoms with Crippen LogP contribution in [0.3, 0.4) is 0 Å². The third kappa shape index (κ3) is 5.76. The summed E-state index contributed by atoms with van der Waals surface area (Å²) >= 11 is 0. The monoisotopic (exact) mass is 410 g/mol. The Morgan fingerprint density at radius 2 is 1.77 bits per heavy atom. The van der Waals surface area contributed by atoms with Crippen LogP contribution >= 0.6 is 0 Å². The standard InChI is InChI=1S/C25H34N2O3/c1-19-17-22(7-10-24(19)30-4)25(28)27(18-21-11-14-26(2)15-12-21)16-13-20-5-8-23(29-3)9-6-20/h5-10,17,21H,11-16,18H2,1-4H3. The van der Waals surface area contributed by atoms with Crippen LogP contribution in [0.25, 0.3) is 0 Å². The van der Waals surface area contributed by atoms with E-state index < -0.39 is 0 Å². The molecule has 3 rings (SSSR count). The molecule has 5 nitrogen and oxygen atoms in total. The minimum Gasteiger partial charge on any atom is -0.497 e. The maximum atomic E-state index is 13.4. The van der Waals surface area contributed by atoms with Crippen molar-refractivity contribution in [3.8, 4) is 11.5 Å². The van der Waals surface area contributed by atoms with Gasteiger partial charge in [0.25, 0.3) is 5.91 Å². The highest BCUT2D eigenvalue weighted by Gasteiger charge is 2.23. The maximum absolute atomic E-state index is 13.4. The van der Waals surface area contributed by atoms with Crippen molar-refractivity contribution >= 4 is 5.91 Å². The molecule has 1 aliphatic heterocycles. The molecule has 162 valence electrons. The Labute approximate surface area is 180 Å². The zero-order valence-corrected chi connectivity index (χ0v) is 18.7. The first-order chi connectivity index (χ1) is 14.5. The summed E-state index contributed by atoms with van der Waals surface area (Å²) in [6.45, 7) is 5.71. The Morgan fingerprint density at radius 1 is 1.07 bits per heavy atom. The molecule has 0 atom stereocenters. The van der Waals surface area contributed by atoms with Crippen molar-refractivity contribution in [2.75, 3.05) is 47.4 Å². The van der Waals surface area contributed by atoms with Crippen LogP contribution in [0.2, 0.25) is 0 Å². The molecule has 30 heavy (non-hydrogen) atoms. The molecule has 0 N–H and O–H groups in total. The van der Waals surface area contributed by atoms with E-state index in [0.717, 1.165) is 61.5 Å². The first-order valence-electron chi connectivity index (χ1n) is 10.8. The predicted octanol–water partition coefficient (Wildman–Crippen LogP) is 4.04. The summed E-state index contributed by atoms with van der Waals surface area (Å²) in [5.74, 6) is 2.33. The number of hydrogen-bond acceptors (Lipinski definition) is 4. The number of ether oxygens (including phenoxy) is 2. The molecular weight excluding hydrogens is 376 g/mol. The van der Waals surface area contributed by atoms with Gasteiger partial charge in [-0.05, 0) is 93.7 Å². The lowest BCUT2D eigenvalue weighted by molar-refractivity contribution is 0.0700. The molecule has 2 aromatic rings. The number of aryl methyl sites for hydroxylation is 1. The average Bonchev–Trinajstić information content (AvgIpc) is 2.77. The molecule has 0 unspecified atom stereocenters. The molecule has 1 heterocycles. The smallest absolute Gasteiger partial charge is 0.253 e. The van der Waals surface area contributed by atoms with Gasteiger partial charge in [0, 0.05) is 18.7 Å². The summed E-state index contributed by atoms with van der Waals surface area (Å²) in [6.07, 6.45) is 3.12. The van der Waals surface area contributed by atoms with Gasteiger partial charge in [-0.15, -0.1) is 0 Å². The quantitative estimate of drug-likeness (QED) is 0.659. The number of methoxy groups -OCH3 is 2. The lowest BCUT2D eigenvalue weighted by atomic mass is 9.96. The van der Waals surface area contributed by atoms with Crippen LogP contribution in [-0.4, -0.2) is 63.2 Å². The molecule has 0 aliphatic carbocycles. The topological polar surface area (TPSA) is 42.0 Å². The summed E-state index contributed by atoms with van der Waals surface area (Å²) in [4.78, 5) is 17.8. The van der Waals surface area contributed by atoms with Gasteiger partial charge in [-0.2, -0.15) is 0 Å². The third-order valence-corrected chi connectivity index (χ3v) is 6.08. The zero-order valence-electron chi connectivity index (χ0n) is 18.7. The van der Waals surface area contributed by atoms with E-state index in [1.54, 1.807) is 14.2 Å². The first kappa shape index (κ1) is 22.2. The lowest BCUT2D eigenvalue weighted by Gasteiger charge is -2.33. The van der Waals surface area contributed by atoms with Gasteiger partial charge in [-0.25, -0.2) is 0 Å². The number of nitrogens with zero attached hydrogens (tertiary/aromatic N) is 2. The molecule has 0 saturated carbocycles. The molecule has 1 amide bonds. The largest absolute Gasteiger partial charge is 0.497 e. The summed E-state index contributed by atoms with van der Waals surface area (Å²) in [5.41, 5.74) is 2.93. The van der Waals surface area contributed by atoms with Crippen LogP contribution in [0.5, 0.6) is 11.5 Å². The first-order valence-corrected chi connectivity index (χ1v) is 10.8. The molecular formula is C25H34N2O3. The van der Waals surface area contributed by atoms with Crippen molar-refractivity contribution in [1.82, 2.24) is 9.80 Å². The molecule has 1 fully saturated rings. The molecule has 0 aromatic heterocycles. The average molecular weight is 411 g/mol. The van der Waals surface area contributed by atoms with Crippen molar-refractivity contribution in [2.24, 2.45) is 5.92 Å². The Bertz CT molecular complexity index is 827. The van der Waals surface area contributed by atoms with Crippen LogP contribution in [0, 0.1) is 12.8 Å². The van der Waals surface area contributed by atoms with E-state index in [0.29, 0.717) is 12.5 Å². The molecule has 1 saturated heterocycles. The van der Waals surface area contributed by atoms with Gasteiger partial charge in [-0.1, -0.05) is 12.1 Å². The number of carbonyl (C=O) groups is 1. The predicted molar refractivity (Wildman–Crippen MR) is 121 cm³/mol. The van der Waals surface area contributed by atoms with Crippen LogP contribution in [0.15, 0.2) is 42.5 Å². The van der Waals surface area contributed by atoms with E-state index in [1.807, 2.05) is 42.2 Å². The Morgan fingerprint density at radius 3 is 2.37 bits per heavy atom. The van der Waals surface area contributed by atoms with E-state index >= 15 is 0 Å². The van der Waals surface area contributed by atoms with Crippen LogP contribution in [0.4, 0.5) is 0 Å². The highest BCUT2D eigenvalue weighted by atomic mass is 16.5. The second kappa shape index (κ2) is 10.5. The molecule has 5 heteroatoms. The molecule has 2 aromatic carbocycles. The Hall–Kier alpha value is -2.53. The van der Waals surface area contributed by atoms with Crippen molar-refractivity contribution in [2.45, 2.75) is 26.2 Å². The number of hydrogen-bond donors (Lipinski definition) is 0. The van der Waals surface area contributed by atoms with E-state index in [1.165, 1.54) is 5.56 Å². The third-order valence-electron chi connectivity index (χ3n) is 6.08. The van der Waals surface area contributed by atoms with Crippen molar-refractivity contribution < 1.29 is 14.3 Å². The second-order valence-corrected chi connectivity index (χ2v) is 8.28. The van der Waals surface area contributed by atoms with Crippen LogP contribution in [-0.2, 0) is 6.42 Å². The minimum absolute atomic E-state index is 0.105. The van der Waals surface area contributed by atoms with Crippen molar-refractivity contribution in [3.63, 3.8) is 0 Å². The fraction of sp³-hybridized carbons (Fsp3) is 0.480. The van der Waals surface area contributed by atoms with Crippen LogP contribution in [0.1, 0.15) is 34.3 Å². The van der Waals surface area contributed by atoms with Crippen LogP contribution < -0.4 is 9.47 Å². The summed E-state index contributed by atoms with van der Waals surface area (Å²) < 4.78 is 10.6. The van der Waals surface area contributed by atoms with Gasteiger partial charge in [-0.3, -0.25) is 4.79 Å². The number of amides is 1. The highest BCUT2D eigenvalue weighted by molar-refractivity contribution is 5.94. The number of rotatable bonds is 8. The molecule has 0 spiro atoms. The summed E-state index contributed by atoms with van der Waals surface area (Å²) in [7, 11) is 5.50. The van der Waals surface area contributed by atoms with E-state index in [2.05, 4.69) is 24.1 Å². The minimum atomic E-state index is 0.105. The Kier molecular flexibility index (Phi) is 7.75. The number of likely N-dealkylation sites (tertiary alicyclic amines) is 1.